The molecule has 0 aliphatic carbocycles. The van der Waals surface area contributed by atoms with Gasteiger partial charge in [0.25, 0.3) is 5.91 Å². The molecule has 1 atom stereocenters. The van der Waals surface area contributed by atoms with Gasteiger partial charge in [0.05, 0.1) is 12.2 Å². The lowest BCUT2D eigenvalue weighted by Crippen LogP contribution is -2.48. The first-order valence-electron chi connectivity index (χ1n) is 6.62. The quantitative estimate of drug-likeness (QED) is 0.899. The lowest BCUT2D eigenvalue weighted by Gasteiger charge is -2.41. The van der Waals surface area contributed by atoms with E-state index >= 15 is 0 Å². The molecule has 19 heavy (non-hydrogen) atoms. The number of rotatable bonds is 5. The van der Waals surface area contributed by atoms with Crippen LogP contribution >= 0.6 is 11.3 Å². The highest BCUT2D eigenvalue weighted by atomic mass is 32.1. The summed E-state index contributed by atoms with van der Waals surface area (Å²) in [5.74, 6) is 0.0798. The van der Waals surface area contributed by atoms with Gasteiger partial charge in [-0.3, -0.25) is 4.79 Å². The molecule has 1 saturated heterocycles. The monoisotopic (exact) mass is 283 g/mol. The van der Waals surface area contributed by atoms with Crippen LogP contribution in [-0.4, -0.2) is 49.3 Å². The largest absolute Gasteiger partial charge is 0.396 e. The van der Waals surface area contributed by atoms with Crippen LogP contribution in [0.2, 0.25) is 0 Å². The van der Waals surface area contributed by atoms with Gasteiger partial charge in [-0.2, -0.15) is 11.3 Å². The number of aliphatic hydroxyl groups is 1. The molecule has 0 radical (unpaired) electrons. The van der Waals surface area contributed by atoms with Crippen molar-refractivity contribution in [3.05, 3.63) is 22.4 Å². The molecule has 0 spiro atoms. The molecule has 2 rings (SSSR count). The van der Waals surface area contributed by atoms with Crippen LogP contribution in [0, 0.1) is 5.41 Å². The van der Waals surface area contributed by atoms with Gasteiger partial charge in [-0.1, -0.05) is 0 Å². The van der Waals surface area contributed by atoms with Gasteiger partial charge in [-0.25, -0.2) is 0 Å². The van der Waals surface area contributed by atoms with E-state index in [4.69, 9.17) is 4.74 Å². The minimum atomic E-state index is -0.195. The zero-order chi connectivity index (χ0) is 13.7. The third-order valence-electron chi connectivity index (χ3n) is 3.89. The number of amides is 1. The minimum absolute atomic E-state index is 0.0798. The van der Waals surface area contributed by atoms with Crippen LogP contribution in [-0.2, 0) is 4.74 Å². The highest BCUT2D eigenvalue weighted by Crippen LogP contribution is 2.33. The van der Waals surface area contributed by atoms with Gasteiger partial charge in [-0.05, 0) is 30.7 Å². The van der Waals surface area contributed by atoms with E-state index in [0.717, 1.165) is 31.4 Å². The van der Waals surface area contributed by atoms with Gasteiger partial charge in [0.2, 0.25) is 0 Å². The summed E-state index contributed by atoms with van der Waals surface area (Å²) in [6.07, 6.45) is 2.70. The number of carbonyl (C=O) groups excluding carboxylic acids is 1. The molecule has 4 nitrogen and oxygen atoms in total. The number of hydrogen-bond acceptors (Lipinski definition) is 4. The molecule has 2 heterocycles. The van der Waals surface area contributed by atoms with Crippen LogP contribution in [0.4, 0.5) is 0 Å². The fraction of sp³-hybridized carbons (Fsp3) is 0.643. The summed E-state index contributed by atoms with van der Waals surface area (Å²) in [5.41, 5.74) is 0.561. The van der Waals surface area contributed by atoms with Gasteiger partial charge in [0.15, 0.2) is 0 Å². The molecule has 0 unspecified atom stereocenters. The Morgan fingerprint density at radius 2 is 2.47 bits per heavy atom. The number of likely N-dealkylation sites (tertiary alicyclic amines) is 1. The van der Waals surface area contributed by atoms with Crippen LogP contribution < -0.4 is 0 Å². The first kappa shape index (κ1) is 14.5. The standard InChI is InChI=1S/C14H21NO3S/c1-18-7-5-14(11-16)4-2-6-15(10-14)13(17)12-3-8-19-9-12/h3,8-9,16H,2,4-7,10-11H2,1H3/t14-/m0/s1. The van der Waals surface area contributed by atoms with Crippen LogP contribution in [0.5, 0.6) is 0 Å². The summed E-state index contributed by atoms with van der Waals surface area (Å²) in [5, 5.41) is 13.5. The Labute approximate surface area is 118 Å². The van der Waals surface area contributed by atoms with Crippen molar-refractivity contribution < 1.29 is 14.6 Å². The molecule has 1 aromatic rings. The van der Waals surface area contributed by atoms with Gasteiger partial charge in [0.1, 0.15) is 0 Å². The SMILES string of the molecule is COCC[C@@]1(CO)CCCN(C(=O)c2ccsc2)C1. The molecule has 1 aliphatic rings. The van der Waals surface area contributed by atoms with Crippen molar-refractivity contribution in [2.45, 2.75) is 19.3 Å². The second-order valence-corrected chi connectivity index (χ2v) is 6.02. The molecule has 1 N–H and O–H groups in total. The van der Waals surface area contributed by atoms with E-state index in [1.54, 1.807) is 7.11 Å². The van der Waals surface area contributed by atoms with Gasteiger partial charge >= 0.3 is 0 Å². The first-order chi connectivity index (χ1) is 9.21. The number of ether oxygens (including phenoxy) is 1. The van der Waals surface area contributed by atoms with Crippen molar-refractivity contribution in [3.8, 4) is 0 Å². The second-order valence-electron chi connectivity index (χ2n) is 5.24. The van der Waals surface area contributed by atoms with Crippen molar-refractivity contribution in [2.24, 2.45) is 5.41 Å². The fourth-order valence-corrected chi connectivity index (χ4v) is 3.31. The Kier molecular flexibility index (Phi) is 4.96. The fourth-order valence-electron chi connectivity index (χ4n) is 2.68. The van der Waals surface area contributed by atoms with Crippen molar-refractivity contribution in [1.29, 1.82) is 0 Å². The van der Waals surface area contributed by atoms with E-state index in [2.05, 4.69) is 0 Å². The number of nitrogens with zero attached hydrogens (tertiary/aromatic N) is 1. The maximum atomic E-state index is 12.4. The predicted molar refractivity (Wildman–Crippen MR) is 75.5 cm³/mol. The van der Waals surface area contributed by atoms with Crippen LogP contribution in [0.1, 0.15) is 29.6 Å². The zero-order valence-electron chi connectivity index (χ0n) is 11.3. The number of aliphatic hydroxyl groups excluding tert-OH is 1. The van der Waals surface area contributed by atoms with E-state index in [1.807, 2.05) is 21.7 Å². The first-order valence-corrected chi connectivity index (χ1v) is 7.56. The molecule has 5 heteroatoms. The summed E-state index contributed by atoms with van der Waals surface area (Å²) >= 11 is 1.53. The average Bonchev–Trinajstić information content (AvgIpc) is 2.99. The number of hydrogen-bond donors (Lipinski definition) is 1. The number of piperidine rings is 1. The highest BCUT2D eigenvalue weighted by molar-refractivity contribution is 7.08. The molecule has 1 aromatic heterocycles. The second kappa shape index (κ2) is 6.50. The molecule has 106 valence electrons. The van der Waals surface area contributed by atoms with Crippen molar-refractivity contribution in [3.63, 3.8) is 0 Å². The molecule has 1 amide bonds. The number of carbonyl (C=O) groups is 1. The zero-order valence-corrected chi connectivity index (χ0v) is 12.1. The van der Waals surface area contributed by atoms with Crippen molar-refractivity contribution >= 4 is 17.2 Å². The normalized spacial score (nSPS) is 23.6. The highest BCUT2D eigenvalue weighted by Gasteiger charge is 2.36. The summed E-state index contributed by atoms with van der Waals surface area (Å²) < 4.78 is 5.13. The Balaban J connectivity index is 2.05. The van der Waals surface area contributed by atoms with E-state index in [-0.39, 0.29) is 17.9 Å². The lowest BCUT2D eigenvalue weighted by atomic mass is 9.78. The number of methoxy groups -OCH3 is 1. The van der Waals surface area contributed by atoms with E-state index in [0.29, 0.717) is 13.2 Å². The third-order valence-corrected chi connectivity index (χ3v) is 4.57. The van der Waals surface area contributed by atoms with Crippen LogP contribution in [0.3, 0.4) is 0 Å². The van der Waals surface area contributed by atoms with E-state index < -0.39 is 0 Å². The van der Waals surface area contributed by atoms with Crippen molar-refractivity contribution in [1.82, 2.24) is 4.90 Å². The summed E-state index contributed by atoms with van der Waals surface area (Å²) in [6, 6.07) is 1.86. The molecule has 0 saturated carbocycles. The maximum absolute atomic E-state index is 12.4. The molecular weight excluding hydrogens is 262 g/mol. The van der Waals surface area contributed by atoms with E-state index in [1.165, 1.54) is 11.3 Å². The Morgan fingerprint density at radius 3 is 3.11 bits per heavy atom. The Hall–Kier alpha value is -0.910. The number of thiophene rings is 1. The molecule has 1 fully saturated rings. The Bertz CT molecular complexity index is 407. The average molecular weight is 283 g/mol. The van der Waals surface area contributed by atoms with Crippen molar-refractivity contribution in [2.75, 3.05) is 33.4 Å². The molecule has 0 aromatic carbocycles. The maximum Gasteiger partial charge on any atom is 0.254 e. The third kappa shape index (κ3) is 3.35. The smallest absolute Gasteiger partial charge is 0.254 e. The van der Waals surface area contributed by atoms with Gasteiger partial charge in [0, 0.05) is 37.6 Å². The molecular formula is C14H21NO3S. The summed E-state index contributed by atoms with van der Waals surface area (Å²) in [7, 11) is 1.67. The Morgan fingerprint density at radius 1 is 1.63 bits per heavy atom. The topological polar surface area (TPSA) is 49.8 Å². The summed E-state index contributed by atoms with van der Waals surface area (Å²) in [4.78, 5) is 14.2. The molecule has 0 bridgehead atoms. The predicted octanol–water partition coefficient (Wildman–Crippen LogP) is 2.00. The lowest BCUT2D eigenvalue weighted by molar-refractivity contribution is 0.00901. The van der Waals surface area contributed by atoms with Crippen LogP contribution in [0.15, 0.2) is 16.8 Å². The van der Waals surface area contributed by atoms with Crippen LogP contribution in [0.25, 0.3) is 0 Å². The molecule has 1 aliphatic heterocycles. The minimum Gasteiger partial charge on any atom is -0.396 e. The van der Waals surface area contributed by atoms with E-state index in [9.17, 15) is 9.90 Å². The van der Waals surface area contributed by atoms with Gasteiger partial charge in [-0.15, -0.1) is 0 Å². The van der Waals surface area contributed by atoms with Gasteiger partial charge < -0.3 is 14.7 Å². The summed E-state index contributed by atoms with van der Waals surface area (Å²) in [6.45, 7) is 2.15.